The Kier molecular flexibility index (Phi) is 5.08. The number of para-hydroxylation sites is 3. The van der Waals surface area contributed by atoms with Gasteiger partial charge in [0.2, 0.25) is 0 Å². The van der Waals surface area contributed by atoms with Crippen LogP contribution in [0.3, 0.4) is 0 Å². The smallest absolute Gasteiger partial charge is 0.158 e. The molecule has 1 aliphatic rings. The predicted molar refractivity (Wildman–Crippen MR) is 175 cm³/mol. The minimum atomic E-state index is -3.36. The summed E-state index contributed by atoms with van der Waals surface area (Å²) in [5.41, 5.74) is 10.6. The highest BCUT2D eigenvalue weighted by atomic mass is 32.2. The van der Waals surface area contributed by atoms with Gasteiger partial charge in [0.15, 0.2) is 9.84 Å². The second kappa shape index (κ2) is 8.93. The highest BCUT2D eigenvalue weighted by molar-refractivity contribution is 7.89. The largest absolute Gasteiger partial charge is 0.456 e. The van der Waals surface area contributed by atoms with Gasteiger partial charge in [0.25, 0.3) is 0 Å². The lowest BCUT2D eigenvalue weighted by atomic mass is 9.92. The van der Waals surface area contributed by atoms with Gasteiger partial charge < -0.3 is 8.98 Å². The van der Waals surface area contributed by atoms with E-state index in [1.165, 1.54) is 10.8 Å². The van der Waals surface area contributed by atoms with Gasteiger partial charge in [-0.1, -0.05) is 78.9 Å². The van der Waals surface area contributed by atoms with Crippen LogP contribution in [0.25, 0.3) is 71.7 Å². The zero-order valence-corrected chi connectivity index (χ0v) is 23.9. The van der Waals surface area contributed by atoms with E-state index in [0.29, 0.717) is 0 Å². The number of furan rings is 1. The van der Waals surface area contributed by atoms with Crippen LogP contribution in [0.4, 0.5) is 0 Å². The van der Waals surface area contributed by atoms with E-state index >= 15 is 0 Å². The molecule has 3 heterocycles. The molecule has 0 aliphatic carbocycles. The Morgan fingerprint density at radius 3 is 1.93 bits per heavy atom. The summed E-state index contributed by atoms with van der Waals surface area (Å²) in [7, 11) is -3.36. The molecule has 0 N–H and O–H groups in total. The quantitative estimate of drug-likeness (QED) is 0.206. The van der Waals surface area contributed by atoms with Gasteiger partial charge in [-0.25, -0.2) is 8.42 Å². The number of hydrogen-bond donors (Lipinski definition) is 0. The molecule has 0 saturated carbocycles. The van der Waals surface area contributed by atoms with Crippen molar-refractivity contribution < 1.29 is 12.8 Å². The molecular weight excluding hydrogens is 550 g/mol. The summed E-state index contributed by atoms with van der Waals surface area (Å²) in [4.78, 5) is 0. The molecular formula is C38H25NO3S. The summed E-state index contributed by atoms with van der Waals surface area (Å²) in [6.45, 7) is 0. The second-order valence-electron chi connectivity index (χ2n) is 11.4. The first-order chi connectivity index (χ1) is 21.0. The molecule has 9 rings (SSSR count). The van der Waals surface area contributed by atoms with Crippen LogP contribution < -0.4 is 0 Å². The third-order valence-corrected chi connectivity index (χ3v) is 10.3. The predicted octanol–water partition coefficient (Wildman–Crippen LogP) is 9.45. The molecule has 0 bridgehead atoms. The minimum absolute atomic E-state index is 0.00425. The Morgan fingerprint density at radius 2 is 1.14 bits per heavy atom. The lowest BCUT2D eigenvalue weighted by molar-refractivity contribution is 0.595. The van der Waals surface area contributed by atoms with Crippen molar-refractivity contribution in [2.24, 2.45) is 0 Å². The van der Waals surface area contributed by atoms with Crippen molar-refractivity contribution in [2.45, 2.75) is 11.5 Å². The first-order valence-electron chi connectivity index (χ1n) is 14.4. The van der Waals surface area contributed by atoms with Crippen LogP contribution in [0, 0.1) is 0 Å². The lowest BCUT2D eigenvalue weighted by Crippen LogP contribution is -2.06. The maximum atomic E-state index is 13.4. The molecule has 0 saturated heterocycles. The highest BCUT2D eigenvalue weighted by Crippen LogP contribution is 2.40. The normalized spacial score (nSPS) is 14.2. The average Bonchev–Trinajstić information content (AvgIpc) is 3.53. The van der Waals surface area contributed by atoms with E-state index in [9.17, 15) is 8.42 Å². The second-order valence-corrected chi connectivity index (χ2v) is 13.5. The summed E-state index contributed by atoms with van der Waals surface area (Å²) >= 11 is 0. The minimum Gasteiger partial charge on any atom is -0.456 e. The van der Waals surface area contributed by atoms with E-state index in [2.05, 4.69) is 83.4 Å². The summed E-state index contributed by atoms with van der Waals surface area (Å²) in [6.07, 6.45) is 0. The molecule has 1 aliphatic heterocycles. The molecule has 6 aromatic carbocycles. The molecule has 4 nitrogen and oxygen atoms in total. The van der Waals surface area contributed by atoms with Gasteiger partial charge >= 0.3 is 0 Å². The summed E-state index contributed by atoms with van der Waals surface area (Å²) in [5.74, 6) is 0.0255. The van der Waals surface area contributed by atoms with Crippen molar-refractivity contribution >= 4 is 53.6 Å². The van der Waals surface area contributed by atoms with Gasteiger partial charge in [0.1, 0.15) is 11.2 Å². The van der Waals surface area contributed by atoms with Gasteiger partial charge in [0.05, 0.1) is 22.5 Å². The lowest BCUT2D eigenvalue weighted by Gasteiger charge is -2.14. The first kappa shape index (κ1) is 24.5. The fraction of sp³-hybridized carbons (Fsp3) is 0.0526. The summed E-state index contributed by atoms with van der Waals surface area (Å²) < 4.78 is 35.1. The van der Waals surface area contributed by atoms with Gasteiger partial charge in [-0.2, -0.15) is 0 Å². The molecule has 0 spiro atoms. The van der Waals surface area contributed by atoms with Crippen molar-refractivity contribution in [3.8, 4) is 27.9 Å². The maximum absolute atomic E-state index is 13.4. The van der Waals surface area contributed by atoms with Crippen LogP contribution in [-0.2, 0) is 21.3 Å². The molecule has 8 aromatic rings. The standard InChI is InChI=1S/C38H25NO3S/c40-43(41)22-26-14-13-24(25-15-18-38-34(21-25)32-9-3-6-12-37(32)42-38)20-33(26)29-17-16-28(19-27(29)23-43)39-35-10-4-1-7-30(35)31-8-2-5-11-36(31)39/h1-21H,22-23H2. The molecule has 0 amide bonds. The van der Waals surface area contributed by atoms with Gasteiger partial charge in [-0.15, -0.1) is 0 Å². The Morgan fingerprint density at radius 1 is 0.512 bits per heavy atom. The maximum Gasteiger partial charge on any atom is 0.158 e. The fourth-order valence-corrected chi connectivity index (χ4v) is 8.41. The number of nitrogens with zero attached hydrogens (tertiary/aromatic N) is 1. The molecule has 5 heteroatoms. The summed E-state index contributed by atoms with van der Waals surface area (Å²) in [5, 5.41) is 4.51. The zero-order chi connectivity index (χ0) is 28.7. The Labute approximate surface area is 248 Å². The van der Waals surface area contributed by atoms with Crippen molar-refractivity contribution in [1.29, 1.82) is 0 Å². The molecule has 0 atom stereocenters. The van der Waals surface area contributed by atoms with Crippen LogP contribution in [0.2, 0.25) is 0 Å². The Balaban J connectivity index is 1.23. The fourth-order valence-electron chi connectivity index (χ4n) is 6.87. The Hall–Kier alpha value is -5.13. The van der Waals surface area contributed by atoms with Crippen LogP contribution in [-0.4, -0.2) is 13.0 Å². The van der Waals surface area contributed by atoms with E-state index < -0.39 is 9.84 Å². The molecule has 0 unspecified atom stereocenters. The topological polar surface area (TPSA) is 52.2 Å². The average molecular weight is 576 g/mol. The number of fused-ring (bicyclic) bond motifs is 9. The van der Waals surface area contributed by atoms with Crippen molar-refractivity contribution in [2.75, 3.05) is 0 Å². The molecule has 43 heavy (non-hydrogen) atoms. The molecule has 0 radical (unpaired) electrons. The third-order valence-electron chi connectivity index (χ3n) is 8.79. The first-order valence-corrected chi connectivity index (χ1v) is 16.2. The van der Waals surface area contributed by atoms with E-state index in [1.807, 2.05) is 48.5 Å². The monoisotopic (exact) mass is 575 g/mol. The Bertz CT molecular complexity index is 2480. The molecule has 0 fully saturated rings. The summed E-state index contributed by atoms with van der Waals surface area (Å²) in [6, 6.07) is 43.6. The number of benzene rings is 6. The van der Waals surface area contributed by atoms with Crippen molar-refractivity contribution in [1.82, 2.24) is 4.57 Å². The highest BCUT2D eigenvalue weighted by Gasteiger charge is 2.25. The zero-order valence-electron chi connectivity index (χ0n) is 23.1. The van der Waals surface area contributed by atoms with Crippen LogP contribution in [0.1, 0.15) is 11.1 Å². The number of hydrogen-bond acceptors (Lipinski definition) is 3. The van der Waals surface area contributed by atoms with E-state index in [1.54, 1.807) is 0 Å². The van der Waals surface area contributed by atoms with Crippen molar-refractivity contribution in [3.63, 3.8) is 0 Å². The van der Waals surface area contributed by atoms with Crippen LogP contribution >= 0.6 is 0 Å². The SMILES string of the molecule is O=S1(=O)Cc2cc(-n3c4ccccc4c4ccccc43)ccc2-c2cc(-c3ccc4oc5ccccc5c4c3)ccc2C1. The van der Waals surface area contributed by atoms with Crippen molar-refractivity contribution in [3.05, 3.63) is 139 Å². The van der Waals surface area contributed by atoms with E-state index in [4.69, 9.17) is 4.42 Å². The number of sulfone groups is 1. The number of rotatable bonds is 2. The van der Waals surface area contributed by atoms with Gasteiger partial charge in [-0.3, -0.25) is 0 Å². The third kappa shape index (κ3) is 3.78. The molecule has 2 aromatic heterocycles. The van der Waals surface area contributed by atoms with E-state index in [-0.39, 0.29) is 11.5 Å². The van der Waals surface area contributed by atoms with Gasteiger partial charge in [0, 0.05) is 27.2 Å². The van der Waals surface area contributed by atoms with Crippen LogP contribution in [0.15, 0.2) is 132 Å². The van der Waals surface area contributed by atoms with E-state index in [0.717, 1.165) is 72.0 Å². The van der Waals surface area contributed by atoms with Crippen LogP contribution in [0.5, 0.6) is 0 Å². The number of aromatic nitrogens is 1. The van der Waals surface area contributed by atoms with Gasteiger partial charge in [-0.05, 0) is 81.9 Å². The molecule has 206 valence electrons.